The molecule has 2 aromatic rings. The molecule has 2 amide bonds. The Morgan fingerprint density at radius 2 is 1.55 bits per heavy atom. The summed E-state index contributed by atoms with van der Waals surface area (Å²) in [4.78, 5) is 35.4. The summed E-state index contributed by atoms with van der Waals surface area (Å²) in [6.45, 7) is 5.88. The number of hydrogen-bond donors (Lipinski definition) is 2. The lowest BCUT2D eigenvalue weighted by Crippen LogP contribution is -2.21. The van der Waals surface area contributed by atoms with Crippen molar-refractivity contribution in [2.24, 2.45) is 5.10 Å². The predicted molar refractivity (Wildman–Crippen MR) is 112 cm³/mol. The summed E-state index contributed by atoms with van der Waals surface area (Å²) in [7, 11) is 1.32. The van der Waals surface area contributed by atoms with Gasteiger partial charge in [-0.15, -0.1) is 0 Å². The fourth-order valence-electron chi connectivity index (χ4n) is 2.86. The fraction of sp³-hybridized carbons (Fsp3) is 0.273. The summed E-state index contributed by atoms with van der Waals surface area (Å²) in [5, 5.41) is 6.73. The van der Waals surface area contributed by atoms with Gasteiger partial charge in [0, 0.05) is 18.5 Å². The average Bonchev–Trinajstić information content (AvgIpc) is 2.69. The molecule has 0 unspecified atom stereocenters. The van der Waals surface area contributed by atoms with Gasteiger partial charge in [-0.25, -0.2) is 10.2 Å². The van der Waals surface area contributed by atoms with Gasteiger partial charge in [0.25, 0.3) is 0 Å². The smallest absolute Gasteiger partial charge is 0.337 e. The number of anilines is 1. The van der Waals surface area contributed by atoms with Crippen LogP contribution in [-0.2, 0) is 14.3 Å². The van der Waals surface area contributed by atoms with Gasteiger partial charge in [-0.3, -0.25) is 9.59 Å². The zero-order valence-electron chi connectivity index (χ0n) is 17.0. The molecule has 0 fully saturated rings. The van der Waals surface area contributed by atoms with Crippen LogP contribution in [0.2, 0.25) is 0 Å². The van der Waals surface area contributed by atoms with Crippen LogP contribution >= 0.6 is 0 Å². The molecule has 152 valence electrons. The highest BCUT2D eigenvalue weighted by Crippen LogP contribution is 2.22. The fourth-order valence-corrected chi connectivity index (χ4v) is 2.86. The highest BCUT2D eigenvalue weighted by Gasteiger charge is 2.10. The quantitative estimate of drug-likeness (QED) is 0.427. The third-order valence-corrected chi connectivity index (χ3v) is 4.26. The van der Waals surface area contributed by atoms with E-state index >= 15 is 0 Å². The summed E-state index contributed by atoms with van der Waals surface area (Å²) < 4.78 is 4.63. The highest BCUT2D eigenvalue weighted by atomic mass is 16.5. The van der Waals surface area contributed by atoms with Crippen LogP contribution < -0.4 is 10.7 Å². The number of hydrogen-bond acceptors (Lipinski definition) is 5. The SMILES string of the molecule is COC(=O)c1ccc(C=NNC(=O)CCC(=O)Nc2c(C)cc(C)cc2C)cc1. The molecule has 0 aliphatic heterocycles. The lowest BCUT2D eigenvalue weighted by Gasteiger charge is -2.12. The van der Waals surface area contributed by atoms with Gasteiger partial charge in [0.2, 0.25) is 11.8 Å². The summed E-state index contributed by atoms with van der Waals surface area (Å²) in [6.07, 6.45) is 1.54. The number of hydrazone groups is 1. The minimum Gasteiger partial charge on any atom is -0.465 e. The number of nitrogens with one attached hydrogen (secondary N) is 2. The number of aryl methyl sites for hydroxylation is 3. The molecule has 0 aliphatic carbocycles. The molecule has 2 aromatic carbocycles. The van der Waals surface area contributed by atoms with Gasteiger partial charge in [-0.05, 0) is 49.6 Å². The van der Waals surface area contributed by atoms with Crippen LogP contribution in [0.5, 0.6) is 0 Å². The van der Waals surface area contributed by atoms with E-state index in [1.807, 2.05) is 32.9 Å². The van der Waals surface area contributed by atoms with E-state index in [1.165, 1.54) is 13.3 Å². The zero-order valence-corrected chi connectivity index (χ0v) is 17.0. The number of ether oxygens (including phenoxy) is 1. The average molecular weight is 395 g/mol. The van der Waals surface area contributed by atoms with E-state index in [2.05, 4.69) is 20.6 Å². The zero-order chi connectivity index (χ0) is 21.4. The second-order valence-electron chi connectivity index (χ2n) is 6.73. The second-order valence-corrected chi connectivity index (χ2v) is 6.73. The predicted octanol–water partition coefficient (Wildman–Crippen LogP) is 3.27. The Hall–Kier alpha value is -3.48. The van der Waals surface area contributed by atoms with Crippen LogP contribution in [0.1, 0.15) is 45.5 Å². The minimum absolute atomic E-state index is 0.0222. The van der Waals surface area contributed by atoms with E-state index in [9.17, 15) is 14.4 Å². The van der Waals surface area contributed by atoms with Gasteiger partial charge in [-0.1, -0.05) is 29.8 Å². The first-order chi connectivity index (χ1) is 13.8. The molecular weight excluding hydrogens is 370 g/mol. The van der Waals surface area contributed by atoms with Crippen molar-refractivity contribution in [3.8, 4) is 0 Å². The van der Waals surface area contributed by atoms with Crippen LogP contribution in [0.3, 0.4) is 0 Å². The van der Waals surface area contributed by atoms with Gasteiger partial charge in [-0.2, -0.15) is 5.10 Å². The molecule has 2 rings (SSSR count). The Morgan fingerprint density at radius 1 is 0.966 bits per heavy atom. The van der Waals surface area contributed by atoms with Crippen molar-refractivity contribution in [3.05, 3.63) is 64.2 Å². The molecule has 0 radical (unpaired) electrons. The Bertz CT molecular complexity index is 911. The number of rotatable bonds is 7. The molecule has 0 heterocycles. The van der Waals surface area contributed by atoms with Gasteiger partial charge in [0.15, 0.2) is 0 Å². The van der Waals surface area contributed by atoms with E-state index in [1.54, 1.807) is 24.3 Å². The molecular formula is C22H25N3O4. The van der Waals surface area contributed by atoms with Crippen molar-refractivity contribution in [2.75, 3.05) is 12.4 Å². The van der Waals surface area contributed by atoms with Crippen molar-refractivity contribution in [1.29, 1.82) is 0 Å². The third kappa shape index (κ3) is 6.57. The maximum atomic E-state index is 12.1. The monoisotopic (exact) mass is 395 g/mol. The van der Waals surface area contributed by atoms with Crippen LogP contribution in [0, 0.1) is 20.8 Å². The molecule has 0 saturated carbocycles. The van der Waals surface area contributed by atoms with E-state index in [-0.39, 0.29) is 24.7 Å². The molecule has 0 spiro atoms. The molecule has 7 nitrogen and oxygen atoms in total. The molecule has 29 heavy (non-hydrogen) atoms. The first-order valence-corrected chi connectivity index (χ1v) is 9.18. The lowest BCUT2D eigenvalue weighted by atomic mass is 10.0. The molecule has 0 aliphatic rings. The number of methoxy groups -OCH3 is 1. The summed E-state index contributed by atoms with van der Waals surface area (Å²) >= 11 is 0. The van der Waals surface area contributed by atoms with Crippen LogP contribution in [-0.4, -0.2) is 31.1 Å². The van der Waals surface area contributed by atoms with E-state index < -0.39 is 5.97 Å². The molecule has 0 bridgehead atoms. The molecule has 0 saturated heterocycles. The molecule has 0 aromatic heterocycles. The van der Waals surface area contributed by atoms with Gasteiger partial charge < -0.3 is 10.1 Å². The van der Waals surface area contributed by atoms with Crippen molar-refractivity contribution in [2.45, 2.75) is 33.6 Å². The number of esters is 1. The molecule has 7 heteroatoms. The van der Waals surface area contributed by atoms with Crippen molar-refractivity contribution < 1.29 is 19.1 Å². The van der Waals surface area contributed by atoms with E-state index in [4.69, 9.17) is 0 Å². The second kappa shape index (κ2) is 10.2. The van der Waals surface area contributed by atoms with Crippen LogP contribution in [0.15, 0.2) is 41.5 Å². The Kier molecular flexibility index (Phi) is 7.65. The topological polar surface area (TPSA) is 96.9 Å². The van der Waals surface area contributed by atoms with Crippen molar-refractivity contribution in [3.63, 3.8) is 0 Å². The highest BCUT2D eigenvalue weighted by molar-refractivity contribution is 5.95. The maximum Gasteiger partial charge on any atom is 0.337 e. The summed E-state index contributed by atoms with van der Waals surface area (Å²) in [5.74, 6) is -1.01. The minimum atomic E-state index is -0.420. The first kappa shape index (κ1) is 21.8. The number of carbonyl (C=O) groups is 3. The first-order valence-electron chi connectivity index (χ1n) is 9.18. The van der Waals surface area contributed by atoms with Crippen LogP contribution in [0.4, 0.5) is 5.69 Å². The number of benzene rings is 2. The van der Waals surface area contributed by atoms with Crippen molar-refractivity contribution >= 4 is 29.7 Å². The normalized spacial score (nSPS) is 10.6. The van der Waals surface area contributed by atoms with Gasteiger partial charge in [0.1, 0.15) is 0 Å². The Morgan fingerprint density at radius 3 is 2.14 bits per heavy atom. The largest absolute Gasteiger partial charge is 0.465 e. The van der Waals surface area contributed by atoms with Gasteiger partial charge >= 0.3 is 5.97 Å². The van der Waals surface area contributed by atoms with Crippen LogP contribution in [0.25, 0.3) is 0 Å². The number of nitrogens with zero attached hydrogens (tertiary/aromatic N) is 1. The summed E-state index contributed by atoms with van der Waals surface area (Å²) in [5.41, 5.74) is 7.43. The summed E-state index contributed by atoms with van der Waals surface area (Å²) in [6, 6.07) is 10.6. The standard InChI is InChI=1S/C22H25N3O4/c1-14-11-15(2)21(16(3)12-14)24-19(26)9-10-20(27)25-23-13-17-5-7-18(8-6-17)22(28)29-4/h5-8,11-13H,9-10H2,1-4H3,(H,24,26)(H,25,27). The maximum absolute atomic E-state index is 12.1. The molecule has 0 atom stereocenters. The van der Waals surface area contributed by atoms with E-state index in [0.717, 1.165) is 22.4 Å². The Labute approximate surface area is 170 Å². The van der Waals surface area contributed by atoms with Crippen molar-refractivity contribution in [1.82, 2.24) is 5.43 Å². The molecule has 2 N–H and O–H groups in total. The lowest BCUT2D eigenvalue weighted by molar-refractivity contribution is -0.124. The van der Waals surface area contributed by atoms with Gasteiger partial charge in [0.05, 0.1) is 18.9 Å². The number of amides is 2. The Balaban J connectivity index is 1.80. The number of carbonyl (C=O) groups excluding carboxylic acids is 3. The third-order valence-electron chi connectivity index (χ3n) is 4.26. The van der Waals surface area contributed by atoms with E-state index in [0.29, 0.717) is 11.1 Å².